The number of carbonyl (C=O) groups is 2. The second kappa shape index (κ2) is 10.6. The molecule has 3 aliphatic heterocycles. The first-order valence-corrected chi connectivity index (χ1v) is 14.2. The monoisotopic (exact) mass is 517 g/mol. The van der Waals surface area contributed by atoms with Crippen LogP contribution in [-0.2, 0) is 6.42 Å². The summed E-state index contributed by atoms with van der Waals surface area (Å²) in [7, 11) is 2.12. The number of likely N-dealkylation sites (tertiary alicyclic amines) is 1. The normalized spacial score (nSPS) is 25.4. The zero-order valence-corrected chi connectivity index (χ0v) is 22.5. The maximum absolute atomic E-state index is 13.2. The highest BCUT2D eigenvalue weighted by Crippen LogP contribution is 2.39. The van der Waals surface area contributed by atoms with E-state index in [1.165, 1.54) is 12.0 Å². The summed E-state index contributed by atoms with van der Waals surface area (Å²) < 4.78 is 5.77. The molecule has 8 heteroatoms. The topological polar surface area (TPSA) is 86.8 Å². The molecule has 6 rings (SSSR count). The SMILES string of the molecule is Cc1c(C(=O)NC2CC3CCCN(c4ccc(C(=O)NC5CCN(C)CC5)cn4)C3C2)ccc2c1OCC2. The number of nitrogens with one attached hydrogen (secondary N) is 2. The molecular formula is C30H39N5O3. The fourth-order valence-electron chi connectivity index (χ4n) is 6.92. The summed E-state index contributed by atoms with van der Waals surface area (Å²) in [6.45, 7) is 5.67. The third-order valence-corrected chi connectivity index (χ3v) is 9.07. The van der Waals surface area contributed by atoms with Crippen molar-refractivity contribution in [3.05, 3.63) is 52.7 Å². The first-order valence-electron chi connectivity index (χ1n) is 14.2. The van der Waals surface area contributed by atoms with E-state index in [1.54, 1.807) is 6.20 Å². The molecular weight excluding hydrogens is 478 g/mol. The number of anilines is 1. The van der Waals surface area contributed by atoms with Crippen molar-refractivity contribution in [1.82, 2.24) is 20.5 Å². The van der Waals surface area contributed by atoms with E-state index in [0.717, 1.165) is 75.3 Å². The summed E-state index contributed by atoms with van der Waals surface area (Å²) in [6.07, 6.45) is 8.80. The van der Waals surface area contributed by atoms with Crippen molar-refractivity contribution in [2.24, 2.45) is 5.92 Å². The lowest BCUT2D eigenvalue weighted by atomic mass is 9.92. The fraction of sp³-hybridized carbons (Fsp3) is 0.567. The quantitative estimate of drug-likeness (QED) is 0.633. The lowest BCUT2D eigenvalue weighted by Crippen LogP contribution is -2.44. The minimum atomic E-state index is -0.0361. The molecule has 1 aromatic heterocycles. The standard InChI is InChI=1S/C30H39N5O3/c1-19-25(7-5-20-11-15-38-28(19)20)30(37)33-24-16-21-4-3-12-35(26(21)17-24)27-8-6-22(18-31-27)29(36)32-23-9-13-34(2)14-10-23/h5-8,18,21,23-24,26H,3-4,9-17H2,1-2H3,(H,32,36)(H,33,37). The Morgan fingerprint density at radius 3 is 2.58 bits per heavy atom. The Balaban J connectivity index is 1.08. The summed E-state index contributed by atoms with van der Waals surface area (Å²) in [5, 5.41) is 6.50. The van der Waals surface area contributed by atoms with Gasteiger partial charge in [0.15, 0.2) is 0 Å². The molecule has 2 amide bonds. The van der Waals surface area contributed by atoms with Crippen LogP contribution in [0.4, 0.5) is 5.82 Å². The summed E-state index contributed by atoms with van der Waals surface area (Å²) in [5.41, 5.74) is 3.47. The second-order valence-corrected chi connectivity index (χ2v) is 11.6. The van der Waals surface area contributed by atoms with E-state index in [0.29, 0.717) is 29.7 Å². The Kier molecular flexibility index (Phi) is 6.99. The molecule has 2 saturated heterocycles. The smallest absolute Gasteiger partial charge is 0.253 e. The van der Waals surface area contributed by atoms with Crippen LogP contribution in [0, 0.1) is 12.8 Å². The maximum Gasteiger partial charge on any atom is 0.253 e. The van der Waals surface area contributed by atoms with E-state index in [-0.39, 0.29) is 23.9 Å². The number of piperidine rings is 2. The second-order valence-electron chi connectivity index (χ2n) is 11.6. The molecule has 0 radical (unpaired) electrons. The van der Waals surface area contributed by atoms with Crippen LogP contribution >= 0.6 is 0 Å². The number of aromatic nitrogens is 1. The molecule has 3 fully saturated rings. The number of amides is 2. The molecule has 2 aromatic rings. The molecule has 0 bridgehead atoms. The van der Waals surface area contributed by atoms with Crippen LogP contribution in [-0.4, -0.2) is 73.1 Å². The van der Waals surface area contributed by atoms with Crippen LogP contribution in [0.1, 0.15) is 70.4 Å². The first kappa shape index (κ1) is 25.2. The summed E-state index contributed by atoms with van der Waals surface area (Å²) in [6, 6.07) is 8.61. The molecule has 1 aromatic carbocycles. The Bertz CT molecular complexity index is 1190. The van der Waals surface area contributed by atoms with E-state index in [9.17, 15) is 9.59 Å². The van der Waals surface area contributed by atoms with Gasteiger partial charge < -0.3 is 25.2 Å². The lowest BCUT2D eigenvalue weighted by Gasteiger charge is -2.38. The van der Waals surface area contributed by atoms with E-state index in [4.69, 9.17) is 9.72 Å². The number of hydrogen-bond acceptors (Lipinski definition) is 6. The van der Waals surface area contributed by atoms with Crippen molar-refractivity contribution >= 4 is 17.6 Å². The molecule has 1 aliphatic carbocycles. The molecule has 8 nitrogen and oxygen atoms in total. The van der Waals surface area contributed by atoms with Gasteiger partial charge in [0.05, 0.1) is 12.2 Å². The molecule has 38 heavy (non-hydrogen) atoms. The third kappa shape index (κ3) is 4.98. The van der Waals surface area contributed by atoms with Gasteiger partial charge in [0.1, 0.15) is 11.6 Å². The predicted molar refractivity (Wildman–Crippen MR) is 147 cm³/mol. The van der Waals surface area contributed by atoms with Gasteiger partial charge in [-0.05, 0) is 95.3 Å². The Morgan fingerprint density at radius 2 is 1.79 bits per heavy atom. The lowest BCUT2D eigenvalue weighted by molar-refractivity contribution is 0.0913. The number of benzene rings is 1. The van der Waals surface area contributed by atoms with Gasteiger partial charge >= 0.3 is 0 Å². The van der Waals surface area contributed by atoms with E-state index >= 15 is 0 Å². The van der Waals surface area contributed by atoms with E-state index in [1.807, 2.05) is 31.2 Å². The number of nitrogens with zero attached hydrogens (tertiary/aromatic N) is 3. The zero-order chi connectivity index (χ0) is 26.2. The van der Waals surface area contributed by atoms with Gasteiger partial charge in [0, 0.05) is 48.4 Å². The van der Waals surface area contributed by atoms with Gasteiger partial charge in [-0.1, -0.05) is 6.07 Å². The molecule has 202 valence electrons. The number of hydrogen-bond donors (Lipinski definition) is 2. The van der Waals surface area contributed by atoms with Crippen LogP contribution in [0.3, 0.4) is 0 Å². The molecule has 3 atom stereocenters. The molecule has 0 spiro atoms. The van der Waals surface area contributed by atoms with Crippen molar-refractivity contribution in [1.29, 1.82) is 0 Å². The van der Waals surface area contributed by atoms with E-state index < -0.39 is 0 Å². The Hall–Kier alpha value is -3.13. The molecule has 3 unspecified atom stereocenters. The highest BCUT2D eigenvalue weighted by Gasteiger charge is 2.41. The van der Waals surface area contributed by atoms with Crippen molar-refractivity contribution in [2.75, 3.05) is 38.2 Å². The van der Waals surface area contributed by atoms with Crippen molar-refractivity contribution < 1.29 is 14.3 Å². The Morgan fingerprint density at radius 1 is 0.974 bits per heavy atom. The van der Waals surface area contributed by atoms with Gasteiger partial charge in [-0.15, -0.1) is 0 Å². The van der Waals surface area contributed by atoms with Crippen LogP contribution in [0.25, 0.3) is 0 Å². The molecule has 4 aliphatic rings. The minimum absolute atomic E-state index is 0.00546. The summed E-state index contributed by atoms with van der Waals surface area (Å²) in [5.74, 6) is 2.31. The summed E-state index contributed by atoms with van der Waals surface area (Å²) >= 11 is 0. The molecule has 2 N–H and O–H groups in total. The van der Waals surface area contributed by atoms with Crippen LogP contribution in [0.2, 0.25) is 0 Å². The number of fused-ring (bicyclic) bond motifs is 2. The van der Waals surface area contributed by atoms with Gasteiger partial charge in [0.25, 0.3) is 11.8 Å². The number of carbonyl (C=O) groups excluding carboxylic acids is 2. The number of ether oxygens (including phenoxy) is 1. The average Bonchev–Trinajstić information content (AvgIpc) is 3.57. The predicted octanol–water partition coefficient (Wildman–Crippen LogP) is 3.33. The zero-order valence-electron chi connectivity index (χ0n) is 22.5. The highest BCUT2D eigenvalue weighted by molar-refractivity contribution is 5.96. The summed E-state index contributed by atoms with van der Waals surface area (Å²) in [4.78, 5) is 35.4. The number of pyridine rings is 1. The number of rotatable bonds is 5. The minimum Gasteiger partial charge on any atom is -0.493 e. The van der Waals surface area contributed by atoms with E-state index in [2.05, 4.69) is 27.5 Å². The van der Waals surface area contributed by atoms with Gasteiger partial charge in [-0.2, -0.15) is 0 Å². The average molecular weight is 518 g/mol. The Labute approximate surface area is 225 Å². The van der Waals surface area contributed by atoms with Crippen LogP contribution in [0.15, 0.2) is 30.5 Å². The van der Waals surface area contributed by atoms with Gasteiger partial charge in [0.2, 0.25) is 0 Å². The molecule has 4 heterocycles. The largest absolute Gasteiger partial charge is 0.493 e. The fourth-order valence-corrected chi connectivity index (χ4v) is 6.92. The van der Waals surface area contributed by atoms with Crippen molar-refractivity contribution in [3.63, 3.8) is 0 Å². The van der Waals surface area contributed by atoms with Crippen molar-refractivity contribution in [3.8, 4) is 5.75 Å². The van der Waals surface area contributed by atoms with Gasteiger partial charge in [-0.3, -0.25) is 9.59 Å². The highest BCUT2D eigenvalue weighted by atomic mass is 16.5. The molecule has 1 saturated carbocycles. The third-order valence-electron chi connectivity index (χ3n) is 9.07. The van der Waals surface area contributed by atoms with Crippen LogP contribution < -0.4 is 20.3 Å². The van der Waals surface area contributed by atoms with Crippen molar-refractivity contribution in [2.45, 2.75) is 70.0 Å². The van der Waals surface area contributed by atoms with Gasteiger partial charge in [-0.25, -0.2) is 4.98 Å². The van der Waals surface area contributed by atoms with Crippen LogP contribution in [0.5, 0.6) is 5.75 Å². The maximum atomic E-state index is 13.2. The first-order chi connectivity index (χ1) is 18.5.